The van der Waals surface area contributed by atoms with Gasteiger partial charge in [-0.3, -0.25) is 4.90 Å². The lowest BCUT2D eigenvalue weighted by atomic mass is 10.1. The fourth-order valence-corrected chi connectivity index (χ4v) is 3.61. The van der Waals surface area contributed by atoms with E-state index in [1.807, 2.05) is 32.0 Å². The highest BCUT2D eigenvalue weighted by molar-refractivity contribution is 6.34. The highest BCUT2D eigenvalue weighted by Gasteiger charge is 2.22. The monoisotopic (exact) mass is 375 g/mol. The minimum Gasteiger partial charge on any atom is -0.322 e. The predicted molar refractivity (Wildman–Crippen MR) is 103 cm³/mol. The zero-order valence-corrected chi connectivity index (χ0v) is 15.8. The topological polar surface area (TPSA) is 35.6 Å². The Labute approximate surface area is 158 Å². The lowest BCUT2D eigenvalue weighted by Gasteiger charge is -2.35. The lowest BCUT2D eigenvalue weighted by Crippen LogP contribution is -2.49. The first-order chi connectivity index (χ1) is 12.4. The van der Waals surface area contributed by atoms with Gasteiger partial charge in [0.25, 0.3) is 0 Å². The molecule has 2 aromatic rings. The van der Waals surface area contributed by atoms with E-state index in [4.69, 9.17) is 11.6 Å². The van der Waals surface area contributed by atoms with Crippen LogP contribution in [0.1, 0.15) is 16.7 Å². The molecule has 26 heavy (non-hydrogen) atoms. The molecule has 2 amide bonds. The fraction of sp³-hybridized carbons (Fsp3) is 0.350. The Morgan fingerprint density at radius 3 is 2.50 bits per heavy atom. The molecule has 0 aliphatic carbocycles. The summed E-state index contributed by atoms with van der Waals surface area (Å²) in [6.45, 7) is 7.08. The summed E-state index contributed by atoms with van der Waals surface area (Å²) in [6, 6.07) is 10.5. The Morgan fingerprint density at radius 1 is 1.15 bits per heavy atom. The summed E-state index contributed by atoms with van der Waals surface area (Å²) in [6.07, 6.45) is 0. The van der Waals surface area contributed by atoms with Crippen molar-refractivity contribution in [3.8, 4) is 0 Å². The third kappa shape index (κ3) is 4.34. The molecule has 1 aliphatic rings. The van der Waals surface area contributed by atoms with E-state index in [0.29, 0.717) is 49.0 Å². The van der Waals surface area contributed by atoms with Gasteiger partial charge >= 0.3 is 6.03 Å². The summed E-state index contributed by atoms with van der Waals surface area (Å²) in [4.78, 5) is 16.5. The first kappa shape index (κ1) is 18.7. The third-order valence-electron chi connectivity index (χ3n) is 4.67. The molecule has 1 aliphatic heterocycles. The average Bonchev–Trinajstić information content (AvgIpc) is 2.60. The van der Waals surface area contributed by atoms with Crippen molar-refractivity contribution in [1.82, 2.24) is 9.80 Å². The van der Waals surface area contributed by atoms with Crippen LogP contribution in [-0.2, 0) is 6.54 Å². The molecule has 0 atom stereocenters. The first-order valence-corrected chi connectivity index (χ1v) is 9.10. The molecule has 0 aromatic heterocycles. The van der Waals surface area contributed by atoms with Gasteiger partial charge < -0.3 is 10.2 Å². The summed E-state index contributed by atoms with van der Waals surface area (Å²) in [5, 5.41) is 3.48. The van der Waals surface area contributed by atoms with E-state index < -0.39 is 0 Å². The number of benzene rings is 2. The number of carbonyl (C=O) groups excluding carboxylic acids is 1. The quantitative estimate of drug-likeness (QED) is 0.860. The molecule has 1 fully saturated rings. The van der Waals surface area contributed by atoms with E-state index in [-0.39, 0.29) is 11.8 Å². The van der Waals surface area contributed by atoms with Crippen molar-refractivity contribution in [2.75, 3.05) is 31.5 Å². The van der Waals surface area contributed by atoms with Crippen LogP contribution in [0.25, 0.3) is 0 Å². The van der Waals surface area contributed by atoms with Gasteiger partial charge in [0.05, 0.1) is 10.7 Å². The molecule has 3 rings (SSSR count). The minimum atomic E-state index is -0.183. The van der Waals surface area contributed by atoms with Gasteiger partial charge in [-0.1, -0.05) is 35.9 Å². The Balaban J connectivity index is 1.56. The van der Waals surface area contributed by atoms with E-state index in [2.05, 4.69) is 10.2 Å². The van der Waals surface area contributed by atoms with Gasteiger partial charge in [-0.05, 0) is 37.1 Å². The van der Waals surface area contributed by atoms with Crippen molar-refractivity contribution in [2.45, 2.75) is 20.4 Å². The van der Waals surface area contributed by atoms with Crippen molar-refractivity contribution >= 4 is 23.3 Å². The SMILES string of the molecule is Cc1cc(C)c(NC(=O)N2CCN(Cc3ccccc3F)CC2)c(Cl)c1. The molecule has 1 heterocycles. The summed E-state index contributed by atoms with van der Waals surface area (Å²) in [5.41, 5.74) is 3.36. The second-order valence-corrected chi connectivity index (χ2v) is 7.13. The van der Waals surface area contributed by atoms with Gasteiger partial charge in [-0.2, -0.15) is 0 Å². The number of aryl methyl sites for hydroxylation is 2. The molecule has 1 saturated heterocycles. The number of halogens is 2. The predicted octanol–water partition coefficient (Wildman–Crippen LogP) is 4.45. The lowest BCUT2D eigenvalue weighted by molar-refractivity contribution is 0.142. The largest absolute Gasteiger partial charge is 0.322 e. The number of amides is 2. The van der Waals surface area contributed by atoms with Crippen molar-refractivity contribution in [3.05, 3.63) is 63.9 Å². The van der Waals surface area contributed by atoms with Crippen LogP contribution < -0.4 is 5.32 Å². The van der Waals surface area contributed by atoms with Crippen molar-refractivity contribution in [3.63, 3.8) is 0 Å². The van der Waals surface area contributed by atoms with E-state index >= 15 is 0 Å². The number of piperazine rings is 1. The molecule has 0 unspecified atom stereocenters. The number of rotatable bonds is 3. The van der Waals surface area contributed by atoms with Gasteiger partial charge in [0, 0.05) is 38.3 Å². The number of nitrogens with zero attached hydrogens (tertiary/aromatic N) is 2. The second kappa shape index (κ2) is 8.06. The zero-order chi connectivity index (χ0) is 18.7. The van der Waals surface area contributed by atoms with E-state index in [9.17, 15) is 9.18 Å². The summed E-state index contributed by atoms with van der Waals surface area (Å²) in [7, 11) is 0. The van der Waals surface area contributed by atoms with Gasteiger partial charge in [0.1, 0.15) is 5.82 Å². The molecule has 4 nitrogen and oxygen atoms in total. The standard InChI is InChI=1S/C20H23ClFN3O/c1-14-11-15(2)19(17(21)12-14)23-20(26)25-9-7-24(8-10-25)13-16-5-3-4-6-18(16)22/h3-6,11-12H,7-10,13H2,1-2H3,(H,23,26). The molecule has 0 spiro atoms. The highest BCUT2D eigenvalue weighted by Crippen LogP contribution is 2.27. The number of carbonyl (C=O) groups is 1. The molecule has 0 bridgehead atoms. The number of hydrogen-bond donors (Lipinski definition) is 1. The zero-order valence-electron chi connectivity index (χ0n) is 15.1. The summed E-state index contributed by atoms with van der Waals surface area (Å²) < 4.78 is 13.8. The first-order valence-electron chi connectivity index (χ1n) is 8.72. The van der Waals surface area contributed by atoms with Crippen LogP contribution in [0, 0.1) is 19.7 Å². The van der Waals surface area contributed by atoms with Crippen LogP contribution in [-0.4, -0.2) is 42.0 Å². The third-order valence-corrected chi connectivity index (χ3v) is 4.97. The molecule has 6 heteroatoms. The highest BCUT2D eigenvalue weighted by atomic mass is 35.5. The van der Waals surface area contributed by atoms with Crippen LogP contribution in [0.15, 0.2) is 36.4 Å². The maximum atomic E-state index is 13.8. The van der Waals surface area contributed by atoms with Gasteiger partial charge in [0.2, 0.25) is 0 Å². The normalized spacial score (nSPS) is 15.2. The average molecular weight is 376 g/mol. The van der Waals surface area contributed by atoms with Crippen LogP contribution in [0.5, 0.6) is 0 Å². The molecule has 1 N–H and O–H groups in total. The Hall–Kier alpha value is -2.11. The second-order valence-electron chi connectivity index (χ2n) is 6.72. The molecule has 2 aromatic carbocycles. The molecular weight excluding hydrogens is 353 g/mol. The number of nitrogens with one attached hydrogen (secondary N) is 1. The van der Waals surface area contributed by atoms with Crippen molar-refractivity contribution in [1.29, 1.82) is 0 Å². The van der Waals surface area contributed by atoms with Crippen LogP contribution >= 0.6 is 11.6 Å². The van der Waals surface area contributed by atoms with Gasteiger partial charge in [-0.15, -0.1) is 0 Å². The van der Waals surface area contributed by atoms with Crippen molar-refractivity contribution in [2.24, 2.45) is 0 Å². The molecule has 0 radical (unpaired) electrons. The molecule has 138 valence electrons. The summed E-state index contributed by atoms with van der Waals surface area (Å²) >= 11 is 6.27. The Kier molecular flexibility index (Phi) is 5.79. The maximum absolute atomic E-state index is 13.8. The van der Waals surface area contributed by atoms with E-state index in [1.165, 1.54) is 6.07 Å². The van der Waals surface area contributed by atoms with Crippen LogP contribution in [0.4, 0.5) is 14.9 Å². The van der Waals surface area contributed by atoms with Crippen molar-refractivity contribution < 1.29 is 9.18 Å². The van der Waals surface area contributed by atoms with E-state index in [1.54, 1.807) is 17.0 Å². The van der Waals surface area contributed by atoms with Gasteiger partial charge in [-0.25, -0.2) is 9.18 Å². The molecule has 0 saturated carbocycles. The van der Waals surface area contributed by atoms with Gasteiger partial charge in [0.15, 0.2) is 0 Å². The van der Waals surface area contributed by atoms with E-state index in [0.717, 1.165) is 11.1 Å². The number of hydrogen-bond acceptors (Lipinski definition) is 2. The number of urea groups is 1. The number of anilines is 1. The van der Waals surface area contributed by atoms with Crippen LogP contribution in [0.2, 0.25) is 5.02 Å². The Morgan fingerprint density at radius 2 is 1.85 bits per heavy atom. The summed E-state index contributed by atoms with van der Waals surface area (Å²) in [5.74, 6) is -0.183. The maximum Gasteiger partial charge on any atom is 0.321 e. The van der Waals surface area contributed by atoms with Crippen LogP contribution in [0.3, 0.4) is 0 Å². The minimum absolute atomic E-state index is 0.149. The fourth-order valence-electron chi connectivity index (χ4n) is 3.24. The smallest absolute Gasteiger partial charge is 0.321 e. The molecular formula is C20H23ClFN3O. The Bertz CT molecular complexity index is 780.